The molecule has 2 aliphatic rings. The molecule has 6 rings (SSSR count). The van der Waals surface area contributed by atoms with E-state index in [0.717, 1.165) is 72.1 Å². The van der Waals surface area contributed by atoms with Crippen molar-refractivity contribution in [2.24, 2.45) is 11.7 Å². The molecule has 3 aromatic carbocycles. The second-order valence-corrected chi connectivity index (χ2v) is 11.1. The fraction of sp³-hybridized carbons (Fsp3) is 0.353. The molecule has 3 heterocycles. The third-order valence-corrected chi connectivity index (χ3v) is 8.50. The van der Waals surface area contributed by atoms with Crippen LogP contribution in [0.15, 0.2) is 91.3 Å². The first kappa shape index (κ1) is 28.5. The smallest absolute Gasteiger partial charge is 0.225 e. The van der Waals surface area contributed by atoms with Gasteiger partial charge >= 0.3 is 0 Å². The Hall–Kier alpha value is -3.66. The van der Waals surface area contributed by atoms with E-state index in [1.54, 1.807) is 12.4 Å². The highest BCUT2D eigenvalue weighted by atomic mass is 16.7. The van der Waals surface area contributed by atoms with Gasteiger partial charge < -0.3 is 25.2 Å². The zero-order valence-corrected chi connectivity index (χ0v) is 24.0. The Labute approximate surface area is 247 Å². The molecule has 1 aromatic heterocycles. The van der Waals surface area contributed by atoms with Crippen LogP contribution in [0.4, 0.5) is 5.95 Å². The molecule has 4 unspecified atom stereocenters. The predicted molar refractivity (Wildman–Crippen MR) is 163 cm³/mol. The Morgan fingerprint density at radius 2 is 1.52 bits per heavy atom. The molecule has 0 amide bonds. The summed E-state index contributed by atoms with van der Waals surface area (Å²) in [4.78, 5) is 13.6. The number of hydrogen-bond acceptors (Lipinski definition) is 8. The number of aromatic nitrogens is 2. The lowest BCUT2D eigenvalue weighted by molar-refractivity contribution is -0.276. The van der Waals surface area contributed by atoms with Crippen LogP contribution in [0.5, 0.6) is 0 Å². The molecule has 0 aliphatic carbocycles. The van der Waals surface area contributed by atoms with Crippen LogP contribution in [0, 0.1) is 5.92 Å². The Bertz CT molecular complexity index is 1430. The maximum absolute atomic E-state index is 9.56. The molecule has 2 fully saturated rings. The van der Waals surface area contributed by atoms with Crippen molar-refractivity contribution in [1.29, 1.82) is 0 Å². The number of piperazine rings is 1. The average molecular weight is 566 g/mol. The lowest BCUT2D eigenvalue weighted by Gasteiger charge is -2.44. The third kappa shape index (κ3) is 6.23. The number of aliphatic hydroxyl groups excluding tert-OH is 1. The molecule has 8 nitrogen and oxygen atoms in total. The first-order chi connectivity index (χ1) is 20.6. The standard InChI is InChI=1S/C34H39N5O3/c1-24-31(22-38-17-19-39(20-18-38)34-36-15-4-16-37-34)41-33(42-32(24)27-9-7-25(23-40)8-10-27)28-13-11-26(12-14-28)30-6-3-2-5-29(30)21-35/h2-16,24,31-33,40H,17-23,35H2,1H3. The van der Waals surface area contributed by atoms with Gasteiger partial charge in [0, 0.05) is 63.1 Å². The summed E-state index contributed by atoms with van der Waals surface area (Å²) >= 11 is 0. The molecule has 8 heteroatoms. The van der Waals surface area contributed by atoms with Crippen LogP contribution in [0.2, 0.25) is 0 Å². The molecule has 2 saturated heterocycles. The van der Waals surface area contributed by atoms with Gasteiger partial charge in [-0.25, -0.2) is 9.97 Å². The number of anilines is 1. The molecule has 3 N–H and O–H groups in total. The Morgan fingerprint density at radius 3 is 2.21 bits per heavy atom. The summed E-state index contributed by atoms with van der Waals surface area (Å²) in [5.74, 6) is 0.921. The molecule has 42 heavy (non-hydrogen) atoms. The van der Waals surface area contributed by atoms with Crippen LogP contribution < -0.4 is 10.6 Å². The minimum Gasteiger partial charge on any atom is -0.392 e. The van der Waals surface area contributed by atoms with Gasteiger partial charge in [-0.1, -0.05) is 79.7 Å². The maximum Gasteiger partial charge on any atom is 0.225 e. The van der Waals surface area contributed by atoms with Crippen LogP contribution in [0.1, 0.15) is 41.6 Å². The number of rotatable bonds is 8. The highest BCUT2D eigenvalue weighted by Crippen LogP contribution is 2.42. The number of ether oxygens (including phenoxy) is 2. The van der Waals surface area contributed by atoms with Crippen LogP contribution >= 0.6 is 0 Å². The number of hydrogen-bond donors (Lipinski definition) is 2. The van der Waals surface area contributed by atoms with E-state index >= 15 is 0 Å². The van der Waals surface area contributed by atoms with E-state index in [0.29, 0.717) is 6.54 Å². The Balaban J connectivity index is 1.21. The van der Waals surface area contributed by atoms with Crippen LogP contribution in [0.25, 0.3) is 11.1 Å². The summed E-state index contributed by atoms with van der Waals surface area (Å²) in [5, 5.41) is 9.56. The molecular formula is C34H39N5O3. The lowest BCUT2D eigenvalue weighted by Crippen LogP contribution is -2.51. The third-order valence-electron chi connectivity index (χ3n) is 8.50. The van der Waals surface area contributed by atoms with Crippen LogP contribution in [0.3, 0.4) is 0 Å². The van der Waals surface area contributed by atoms with E-state index in [-0.39, 0.29) is 24.7 Å². The monoisotopic (exact) mass is 565 g/mol. The van der Waals surface area contributed by atoms with Gasteiger partial charge in [-0.15, -0.1) is 0 Å². The summed E-state index contributed by atoms with van der Waals surface area (Å²) < 4.78 is 13.4. The molecule has 0 bridgehead atoms. The zero-order valence-electron chi connectivity index (χ0n) is 24.0. The molecule has 0 radical (unpaired) electrons. The van der Waals surface area contributed by atoms with E-state index in [2.05, 4.69) is 75.2 Å². The number of nitrogens with two attached hydrogens (primary N) is 1. The summed E-state index contributed by atoms with van der Waals surface area (Å²) in [6.45, 7) is 7.14. The van der Waals surface area contributed by atoms with E-state index in [4.69, 9.17) is 15.2 Å². The second kappa shape index (κ2) is 13.1. The summed E-state index contributed by atoms with van der Waals surface area (Å²) in [7, 11) is 0. The highest BCUT2D eigenvalue weighted by Gasteiger charge is 2.39. The first-order valence-electron chi connectivity index (χ1n) is 14.8. The van der Waals surface area contributed by atoms with Gasteiger partial charge in [-0.05, 0) is 33.9 Å². The van der Waals surface area contributed by atoms with Gasteiger partial charge in [0.25, 0.3) is 0 Å². The van der Waals surface area contributed by atoms with Crippen molar-refractivity contribution in [1.82, 2.24) is 14.9 Å². The molecule has 2 aliphatic heterocycles. The molecular weight excluding hydrogens is 526 g/mol. The predicted octanol–water partition coefficient (Wildman–Crippen LogP) is 4.71. The van der Waals surface area contributed by atoms with Crippen molar-refractivity contribution in [3.05, 3.63) is 114 Å². The zero-order chi connectivity index (χ0) is 28.9. The fourth-order valence-electron chi connectivity index (χ4n) is 5.97. The number of aliphatic hydroxyl groups is 1. The quantitative estimate of drug-likeness (QED) is 0.317. The summed E-state index contributed by atoms with van der Waals surface area (Å²) in [6, 6.07) is 26.6. The topological polar surface area (TPSA) is 97.0 Å². The summed E-state index contributed by atoms with van der Waals surface area (Å²) in [5.41, 5.74) is 12.4. The highest BCUT2D eigenvalue weighted by molar-refractivity contribution is 5.67. The first-order valence-corrected chi connectivity index (χ1v) is 14.8. The molecule has 0 saturated carbocycles. The minimum atomic E-state index is -0.494. The normalized spacial score (nSPS) is 23.2. The van der Waals surface area contributed by atoms with Gasteiger partial charge in [-0.3, -0.25) is 4.90 Å². The van der Waals surface area contributed by atoms with E-state index in [1.165, 1.54) is 0 Å². The lowest BCUT2D eigenvalue weighted by atomic mass is 9.89. The fourth-order valence-corrected chi connectivity index (χ4v) is 5.97. The van der Waals surface area contributed by atoms with Crippen LogP contribution in [-0.4, -0.2) is 58.8 Å². The van der Waals surface area contributed by atoms with Crippen LogP contribution in [-0.2, 0) is 22.6 Å². The van der Waals surface area contributed by atoms with Gasteiger partial charge in [0.1, 0.15) is 0 Å². The maximum atomic E-state index is 9.56. The van der Waals surface area contributed by atoms with E-state index in [9.17, 15) is 5.11 Å². The molecule has 0 spiro atoms. The van der Waals surface area contributed by atoms with Crippen molar-refractivity contribution < 1.29 is 14.6 Å². The van der Waals surface area contributed by atoms with E-state index in [1.807, 2.05) is 30.3 Å². The van der Waals surface area contributed by atoms with Crippen molar-refractivity contribution in [3.8, 4) is 11.1 Å². The van der Waals surface area contributed by atoms with Gasteiger partial charge in [0.2, 0.25) is 5.95 Å². The number of benzene rings is 3. The second-order valence-electron chi connectivity index (χ2n) is 11.1. The molecule has 4 aromatic rings. The largest absolute Gasteiger partial charge is 0.392 e. The van der Waals surface area contributed by atoms with Gasteiger partial charge in [-0.2, -0.15) is 0 Å². The van der Waals surface area contributed by atoms with Gasteiger partial charge in [0.05, 0.1) is 18.8 Å². The molecule has 218 valence electrons. The van der Waals surface area contributed by atoms with Crippen molar-refractivity contribution in [2.75, 3.05) is 37.6 Å². The minimum absolute atomic E-state index is 0.0232. The Morgan fingerprint density at radius 1 is 0.833 bits per heavy atom. The van der Waals surface area contributed by atoms with Gasteiger partial charge in [0.15, 0.2) is 6.29 Å². The Kier molecular flexibility index (Phi) is 8.88. The number of nitrogens with zero attached hydrogens (tertiary/aromatic N) is 4. The SMILES string of the molecule is CC1C(CN2CCN(c3ncccn3)CC2)OC(c2ccc(-c3ccccc3CN)cc2)OC1c1ccc(CO)cc1. The van der Waals surface area contributed by atoms with Crippen molar-refractivity contribution in [2.45, 2.75) is 38.6 Å². The van der Waals surface area contributed by atoms with E-state index < -0.39 is 6.29 Å². The van der Waals surface area contributed by atoms with Crippen molar-refractivity contribution in [3.63, 3.8) is 0 Å². The van der Waals surface area contributed by atoms with Crippen molar-refractivity contribution >= 4 is 5.95 Å². The molecule has 4 atom stereocenters. The summed E-state index contributed by atoms with van der Waals surface area (Å²) in [6.07, 6.45) is 2.93. The average Bonchev–Trinajstić information content (AvgIpc) is 3.06.